The van der Waals surface area contributed by atoms with E-state index >= 15 is 0 Å². The van der Waals surface area contributed by atoms with Crippen molar-refractivity contribution >= 4 is 11.6 Å². The van der Waals surface area contributed by atoms with Crippen LogP contribution in [0.25, 0.3) is 0 Å². The Morgan fingerprint density at radius 2 is 2.11 bits per heavy atom. The molecule has 0 spiro atoms. The number of anilines is 1. The van der Waals surface area contributed by atoms with Crippen molar-refractivity contribution in [3.8, 4) is 17.7 Å². The molecule has 0 atom stereocenters. The number of carbonyl (C=O) groups excluding carboxylic acids is 1. The molecule has 0 aliphatic heterocycles. The molecule has 0 aliphatic rings. The highest BCUT2D eigenvalue weighted by Gasteiger charge is 2.06. The van der Waals surface area contributed by atoms with Crippen LogP contribution in [-0.2, 0) is 0 Å². The lowest BCUT2D eigenvalue weighted by atomic mass is 10.2. The minimum atomic E-state index is -0.548. The van der Waals surface area contributed by atoms with Gasteiger partial charge in [-0.2, -0.15) is 5.26 Å². The van der Waals surface area contributed by atoms with Crippen molar-refractivity contribution in [1.29, 1.82) is 5.26 Å². The number of pyridine rings is 1. The summed E-state index contributed by atoms with van der Waals surface area (Å²) in [6.45, 7) is 0. The van der Waals surface area contributed by atoms with Crippen molar-refractivity contribution < 1.29 is 9.53 Å². The van der Waals surface area contributed by atoms with Crippen LogP contribution in [0.15, 0.2) is 36.4 Å². The average Bonchev–Trinajstić information content (AvgIpc) is 2.41. The van der Waals surface area contributed by atoms with Crippen molar-refractivity contribution in [3.63, 3.8) is 0 Å². The van der Waals surface area contributed by atoms with Crippen molar-refractivity contribution in [2.75, 3.05) is 5.73 Å². The molecule has 94 valence electrons. The number of nitrogen functional groups attached to an aromatic ring is 1. The van der Waals surface area contributed by atoms with Crippen LogP contribution in [0.3, 0.4) is 0 Å². The van der Waals surface area contributed by atoms with Gasteiger partial charge in [-0.25, -0.2) is 4.98 Å². The van der Waals surface area contributed by atoms with Crippen LogP contribution in [0.5, 0.6) is 11.6 Å². The first-order valence-corrected chi connectivity index (χ1v) is 5.34. The van der Waals surface area contributed by atoms with Gasteiger partial charge in [-0.1, -0.05) is 6.07 Å². The molecule has 2 rings (SSSR count). The summed E-state index contributed by atoms with van der Waals surface area (Å²) in [5.74, 6) is 0.0678. The molecule has 2 aromatic rings. The molecule has 6 nitrogen and oxygen atoms in total. The summed E-state index contributed by atoms with van der Waals surface area (Å²) in [5.41, 5.74) is 11.4. The molecule has 0 bridgehead atoms. The SMILES string of the molecule is N#Cc1nc(Oc2cccc(C(N)=O)c2)ccc1N. The molecule has 1 heterocycles. The minimum Gasteiger partial charge on any atom is -0.439 e. The second kappa shape index (κ2) is 5.06. The van der Waals surface area contributed by atoms with Crippen LogP contribution in [0.2, 0.25) is 0 Å². The van der Waals surface area contributed by atoms with E-state index in [0.717, 1.165) is 0 Å². The number of rotatable bonds is 3. The Bertz CT molecular complexity index is 677. The molecule has 4 N–H and O–H groups in total. The number of hydrogen-bond acceptors (Lipinski definition) is 5. The number of carbonyl (C=O) groups is 1. The smallest absolute Gasteiger partial charge is 0.248 e. The van der Waals surface area contributed by atoms with Gasteiger partial charge in [-0.05, 0) is 24.3 Å². The minimum absolute atomic E-state index is 0.0866. The topological polar surface area (TPSA) is 115 Å². The van der Waals surface area contributed by atoms with Gasteiger partial charge in [-0.3, -0.25) is 4.79 Å². The van der Waals surface area contributed by atoms with Crippen LogP contribution >= 0.6 is 0 Å². The summed E-state index contributed by atoms with van der Waals surface area (Å²) in [7, 11) is 0. The van der Waals surface area contributed by atoms with Gasteiger partial charge < -0.3 is 16.2 Å². The quantitative estimate of drug-likeness (QED) is 0.859. The van der Waals surface area contributed by atoms with E-state index < -0.39 is 5.91 Å². The first kappa shape index (κ1) is 12.4. The normalized spacial score (nSPS) is 9.63. The number of nitriles is 1. The van der Waals surface area contributed by atoms with Crippen LogP contribution < -0.4 is 16.2 Å². The highest BCUT2D eigenvalue weighted by molar-refractivity contribution is 5.93. The molecule has 0 saturated heterocycles. The number of benzene rings is 1. The largest absolute Gasteiger partial charge is 0.439 e. The molecule has 0 unspecified atom stereocenters. The molecular formula is C13H10N4O2. The highest BCUT2D eigenvalue weighted by Crippen LogP contribution is 2.22. The Balaban J connectivity index is 2.29. The van der Waals surface area contributed by atoms with E-state index in [1.54, 1.807) is 18.2 Å². The summed E-state index contributed by atoms with van der Waals surface area (Å²) < 4.78 is 5.44. The van der Waals surface area contributed by atoms with E-state index in [-0.39, 0.29) is 17.3 Å². The summed E-state index contributed by atoms with van der Waals surface area (Å²) in [6, 6.07) is 11.3. The van der Waals surface area contributed by atoms with Crippen molar-refractivity contribution in [1.82, 2.24) is 4.98 Å². The Morgan fingerprint density at radius 1 is 1.32 bits per heavy atom. The molecule has 0 radical (unpaired) electrons. The number of primary amides is 1. The maximum atomic E-state index is 11.0. The van der Waals surface area contributed by atoms with Gasteiger partial charge in [0.25, 0.3) is 0 Å². The molecule has 19 heavy (non-hydrogen) atoms. The molecule has 0 fully saturated rings. The van der Waals surface area contributed by atoms with E-state index in [9.17, 15) is 4.79 Å². The van der Waals surface area contributed by atoms with Crippen molar-refractivity contribution in [3.05, 3.63) is 47.7 Å². The van der Waals surface area contributed by atoms with Crippen molar-refractivity contribution in [2.24, 2.45) is 5.73 Å². The fourth-order valence-corrected chi connectivity index (χ4v) is 1.43. The molecule has 6 heteroatoms. The van der Waals surface area contributed by atoms with Crippen LogP contribution in [0.4, 0.5) is 5.69 Å². The number of amides is 1. The number of hydrogen-bond donors (Lipinski definition) is 2. The van der Waals surface area contributed by atoms with E-state index in [1.807, 2.05) is 6.07 Å². The molecule has 1 aromatic heterocycles. The van der Waals surface area contributed by atoms with E-state index in [2.05, 4.69) is 4.98 Å². The van der Waals surface area contributed by atoms with Crippen LogP contribution in [0.1, 0.15) is 16.1 Å². The molecule has 0 aliphatic carbocycles. The fraction of sp³-hybridized carbons (Fsp3) is 0. The van der Waals surface area contributed by atoms with Gasteiger partial charge >= 0.3 is 0 Å². The number of aromatic nitrogens is 1. The summed E-state index contributed by atoms with van der Waals surface area (Å²) in [5, 5.41) is 8.82. The third-order valence-electron chi connectivity index (χ3n) is 2.35. The summed E-state index contributed by atoms with van der Waals surface area (Å²) in [6.07, 6.45) is 0. The molecule has 0 saturated carbocycles. The standard InChI is InChI=1S/C13H10N4O2/c14-7-11-10(15)4-5-12(17-11)19-9-3-1-2-8(6-9)13(16)18/h1-6H,15H2,(H2,16,18). The monoisotopic (exact) mass is 254 g/mol. The summed E-state index contributed by atoms with van der Waals surface area (Å²) in [4.78, 5) is 15.0. The first-order chi connectivity index (χ1) is 9.10. The first-order valence-electron chi connectivity index (χ1n) is 5.34. The maximum absolute atomic E-state index is 11.0. The second-order valence-electron chi connectivity index (χ2n) is 3.69. The zero-order valence-corrected chi connectivity index (χ0v) is 9.83. The maximum Gasteiger partial charge on any atom is 0.248 e. The highest BCUT2D eigenvalue weighted by atomic mass is 16.5. The Labute approximate surface area is 109 Å². The Kier molecular flexibility index (Phi) is 3.30. The fourth-order valence-electron chi connectivity index (χ4n) is 1.43. The zero-order chi connectivity index (χ0) is 13.8. The van der Waals surface area contributed by atoms with Gasteiger partial charge in [0.2, 0.25) is 11.8 Å². The zero-order valence-electron chi connectivity index (χ0n) is 9.83. The lowest BCUT2D eigenvalue weighted by Crippen LogP contribution is -2.10. The van der Waals surface area contributed by atoms with Crippen molar-refractivity contribution in [2.45, 2.75) is 0 Å². The Morgan fingerprint density at radius 3 is 2.79 bits per heavy atom. The van der Waals surface area contributed by atoms with Gasteiger partial charge in [0.05, 0.1) is 5.69 Å². The van der Waals surface area contributed by atoms with E-state index in [4.69, 9.17) is 21.5 Å². The van der Waals surface area contributed by atoms with Gasteiger partial charge in [0.1, 0.15) is 11.8 Å². The van der Waals surface area contributed by atoms with Gasteiger partial charge in [-0.15, -0.1) is 0 Å². The lowest BCUT2D eigenvalue weighted by molar-refractivity contribution is 0.1000. The third-order valence-corrected chi connectivity index (χ3v) is 2.35. The summed E-state index contributed by atoms with van der Waals surface area (Å²) >= 11 is 0. The number of nitrogens with two attached hydrogens (primary N) is 2. The predicted molar refractivity (Wildman–Crippen MR) is 68.4 cm³/mol. The van der Waals surface area contributed by atoms with Gasteiger partial charge in [0.15, 0.2) is 5.69 Å². The van der Waals surface area contributed by atoms with Crippen LogP contribution in [0, 0.1) is 11.3 Å². The second-order valence-corrected chi connectivity index (χ2v) is 3.69. The van der Waals surface area contributed by atoms with E-state index in [0.29, 0.717) is 11.3 Å². The third kappa shape index (κ3) is 2.79. The molecular weight excluding hydrogens is 244 g/mol. The lowest BCUT2D eigenvalue weighted by Gasteiger charge is -2.06. The van der Waals surface area contributed by atoms with Crippen LogP contribution in [-0.4, -0.2) is 10.9 Å². The number of nitrogens with zero attached hydrogens (tertiary/aromatic N) is 2. The van der Waals surface area contributed by atoms with Gasteiger partial charge in [0, 0.05) is 11.6 Å². The van der Waals surface area contributed by atoms with E-state index in [1.165, 1.54) is 18.2 Å². The predicted octanol–water partition coefficient (Wildman–Crippen LogP) is 1.43. The number of ether oxygens (including phenoxy) is 1. The Hall–Kier alpha value is -3.07. The average molecular weight is 254 g/mol. The molecule has 1 amide bonds. The molecule has 1 aromatic carbocycles.